The molecule has 9 heteroatoms. The van der Waals surface area contributed by atoms with Gasteiger partial charge in [-0.15, -0.1) is 0 Å². The summed E-state index contributed by atoms with van der Waals surface area (Å²) < 4.78 is 5.20. The zero-order chi connectivity index (χ0) is 15.8. The molecule has 1 unspecified atom stereocenters. The van der Waals surface area contributed by atoms with E-state index >= 15 is 0 Å². The molecule has 1 fully saturated rings. The Morgan fingerprint density at radius 2 is 1.95 bits per heavy atom. The van der Waals surface area contributed by atoms with E-state index in [1.165, 1.54) is 9.80 Å². The number of nitrogens with one attached hydrogen (secondary N) is 2. The first kappa shape index (κ1) is 17.0. The second-order valence-corrected chi connectivity index (χ2v) is 4.88. The quantitative estimate of drug-likeness (QED) is 0.572. The van der Waals surface area contributed by atoms with Gasteiger partial charge in [-0.25, -0.2) is 9.59 Å². The maximum atomic E-state index is 12.0. The van der Waals surface area contributed by atoms with E-state index in [4.69, 9.17) is 9.84 Å². The molecule has 0 aromatic rings. The van der Waals surface area contributed by atoms with Crippen molar-refractivity contribution in [3.8, 4) is 0 Å². The van der Waals surface area contributed by atoms with E-state index in [0.29, 0.717) is 19.7 Å². The van der Waals surface area contributed by atoms with E-state index in [2.05, 4.69) is 10.6 Å². The molecule has 0 saturated carbocycles. The number of hydrogen-bond donors (Lipinski definition) is 3. The maximum Gasteiger partial charge on any atom is 0.317 e. The predicted molar refractivity (Wildman–Crippen MR) is 74.1 cm³/mol. The van der Waals surface area contributed by atoms with Crippen molar-refractivity contribution in [3.05, 3.63) is 0 Å². The second kappa shape index (κ2) is 8.30. The SMILES string of the molecule is CN(C)C(=O)NCCNC(=O)N1CCOCC1CC(=O)O. The first-order valence-corrected chi connectivity index (χ1v) is 6.71. The lowest BCUT2D eigenvalue weighted by atomic mass is 10.1. The van der Waals surface area contributed by atoms with Crippen molar-refractivity contribution in [2.75, 3.05) is 46.9 Å². The summed E-state index contributed by atoms with van der Waals surface area (Å²) in [6.45, 7) is 1.54. The van der Waals surface area contributed by atoms with Crippen molar-refractivity contribution in [1.82, 2.24) is 20.4 Å². The predicted octanol–water partition coefficient (Wildman–Crippen LogP) is -0.857. The summed E-state index contributed by atoms with van der Waals surface area (Å²) in [5, 5.41) is 14.1. The van der Waals surface area contributed by atoms with Crippen molar-refractivity contribution < 1.29 is 24.2 Å². The number of carbonyl (C=O) groups excluding carboxylic acids is 2. The van der Waals surface area contributed by atoms with Crippen molar-refractivity contribution in [2.45, 2.75) is 12.5 Å². The molecule has 1 saturated heterocycles. The number of carboxylic acids is 1. The standard InChI is InChI=1S/C12H22N4O5/c1-15(2)11(19)13-3-4-14-12(20)16-5-6-21-8-9(16)7-10(17)18/h9H,3-8H2,1-2H3,(H,13,19)(H,14,20)(H,17,18). The lowest BCUT2D eigenvalue weighted by Gasteiger charge is -2.34. The van der Waals surface area contributed by atoms with Gasteiger partial charge in [0.15, 0.2) is 0 Å². The Hall–Kier alpha value is -2.03. The zero-order valence-electron chi connectivity index (χ0n) is 12.3. The van der Waals surface area contributed by atoms with Crippen LogP contribution in [0, 0.1) is 0 Å². The molecular formula is C12H22N4O5. The van der Waals surface area contributed by atoms with E-state index in [0.717, 1.165) is 0 Å². The van der Waals surface area contributed by atoms with Crippen LogP contribution in [0.25, 0.3) is 0 Å². The smallest absolute Gasteiger partial charge is 0.317 e. The number of aliphatic carboxylic acids is 1. The fraction of sp³-hybridized carbons (Fsp3) is 0.750. The van der Waals surface area contributed by atoms with Crippen molar-refractivity contribution in [1.29, 1.82) is 0 Å². The molecule has 0 aliphatic carbocycles. The fourth-order valence-corrected chi connectivity index (χ4v) is 1.89. The Morgan fingerprint density at radius 3 is 2.57 bits per heavy atom. The molecule has 4 amide bonds. The van der Waals surface area contributed by atoms with Crippen LogP contribution in [0.2, 0.25) is 0 Å². The fourth-order valence-electron chi connectivity index (χ4n) is 1.89. The average Bonchev–Trinajstić information content (AvgIpc) is 2.42. The van der Waals surface area contributed by atoms with E-state index in [-0.39, 0.29) is 31.6 Å². The minimum absolute atomic E-state index is 0.148. The molecule has 1 heterocycles. The number of urea groups is 2. The molecule has 9 nitrogen and oxygen atoms in total. The molecule has 120 valence electrons. The summed E-state index contributed by atoms with van der Waals surface area (Å²) in [4.78, 5) is 36.9. The normalized spacial score (nSPS) is 18.0. The van der Waals surface area contributed by atoms with Crippen LogP contribution in [0.4, 0.5) is 9.59 Å². The summed E-state index contributed by atoms with van der Waals surface area (Å²) in [6, 6.07) is -1.05. The molecule has 1 aliphatic rings. The second-order valence-electron chi connectivity index (χ2n) is 4.88. The van der Waals surface area contributed by atoms with Crippen molar-refractivity contribution in [3.63, 3.8) is 0 Å². The zero-order valence-corrected chi connectivity index (χ0v) is 12.3. The van der Waals surface area contributed by atoms with Crippen LogP contribution in [0.15, 0.2) is 0 Å². The first-order valence-electron chi connectivity index (χ1n) is 6.71. The summed E-state index contributed by atoms with van der Waals surface area (Å²) in [6.07, 6.45) is -0.148. The number of ether oxygens (including phenoxy) is 1. The van der Waals surface area contributed by atoms with Crippen molar-refractivity contribution in [2.24, 2.45) is 0 Å². The first-order chi connectivity index (χ1) is 9.91. The van der Waals surface area contributed by atoms with E-state index in [9.17, 15) is 14.4 Å². The third-order valence-corrected chi connectivity index (χ3v) is 2.98. The highest BCUT2D eigenvalue weighted by atomic mass is 16.5. The molecule has 0 bridgehead atoms. The van der Waals surface area contributed by atoms with Gasteiger partial charge in [0.2, 0.25) is 0 Å². The topological polar surface area (TPSA) is 111 Å². The molecule has 3 N–H and O–H groups in total. The van der Waals surface area contributed by atoms with Crippen LogP contribution in [0.1, 0.15) is 6.42 Å². The number of nitrogens with zero attached hydrogens (tertiary/aromatic N) is 2. The molecule has 21 heavy (non-hydrogen) atoms. The Labute approximate surface area is 123 Å². The Balaban J connectivity index is 2.35. The summed E-state index contributed by atoms with van der Waals surface area (Å²) in [5.74, 6) is -0.971. The summed E-state index contributed by atoms with van der Waals surface area (Å²) in [7, 11) is 3.25. The summed E-state index contributed by atoms with van der Waals surface area (Å²) in [5.41, 5.74) is 0. The van der Waals surface area contributed by atoms with Crippen LogP contribution < -0.4 is 10.6 Å². The number of amides is 4. The molecule has 0 radical (unpaired) electrons. The molecule has 1 rings (SSSR count). The van der Waals surface area contributed by atoms with Crippen LogP contribution >= 0.6 is 0 Å². The van der Waals surface area contributed by atoms with Crippen LogP contribution in [0.5, 0.6) is 0 Å². The van der Waals surface area contributed by atoms with Gasteiger partial charge < -0.3 is 30.3 Å². The van der Waals surface area contributed by atoms with Gasteiger partial charge in [0, 0.05) is 33.7 Å². The minimum atomic E-state index is -0.971. The van der Waals surface area contributed by atoms with E-state index in [1.54, 1.807) is 14.1 Å². The molecule has 0 aromatic carbocycles. The molecule has 1 aliphatic heterocycles. The Kier molecular flexibility index (Phi) is 6.73. The van der Waals surface area contributed by atoms with E-state index in [1.807, 2.05) is 0 Å². The van der Waals surface area contributed by atoms with Gasteiger partial charge in [0.25, 0.3) is 0 Å². The average molecular weight is 302 g/mol. The highest BCUT2D eigenvalue weighted by Crippen LogP contribution is 2.10. The van der Waals surface area contributed by atoms with Gasteiger partial charge in [-0.1, -0.05) is 0 Å². The maximum absolute atomic E-state index is 12.0. The van der Waals surface area contributed by atoms with Gasteiger partial charge >= 0.3 is 18.0 Å². The highest BCUT2D eigenvalue weighted by molar-refractivity contribution is 5.76. The number of carbonyl (C=O) groups is 3. The number of hydrogen-bond acceptors (Lipinski definition) is 4. The van der Waals surface area contributed by atoms with Gasteiger partial charge in [0.05, 0.1) is 25.7 Å². The molecule has 0 spiro atoms. The number of rotatable bonds is 5. The van der Waals surface area contributed by atoms with Gasteiger partial charge in [0.1, 0.15) is 0 Å². The molecule has 1 atom stereocenters. The Bertz CT molecular complexity index is 388. The van der Waals surface area contributed by atoms with Crippen molar-refractivity contribution >= 4 is 18.0 Å². The van der Waals surface area contributed by atoms with Crippen LogP contribution in [-0.4, -0.2) is 85.9 Å². The largest absolute Gasteiger partial charge is 0.481 e. The molecular weight excluding hydrogens is 280 g/mol. The lowest BCUT2D eigenvalue weighted by Crippen LogP contribution is -2.54. The molecule has 0 aromatic heterocycles. The number of morpholine rings is 1. The van der Waals surface area contributed by atoms with Crippen LogP contribution in [0.3, 0.4) is 0 Å². The summed E-state index contributed by atoms with van der Waals surface area (Å²) >= 11 is 0. The third kappa shape index (κ3) is 5.86. The number of carboxylic acid groups (broad SMARTS) is 1. The minimum Gasteiger partial charge on any atom is -0.481 e. The van der Waals surface area contributed by atoms with Crippen LogP contribution in [-0.2, 0) is 9.53 Å². The lowest BCUT2D eigenvalue weighted by molar-refractivity contribution is -0.139. The Morgan fingerprint density at radius 1 is 1.29 bits per heavy atom. The van der Waals surface area contributed by atoms with Gasteiger partial charge in [-0.2, -0.15) is 0 Å². The van der Waals surface area contributed by atoms with Gasteiger partial charge in [-0.3, -0.25) is 4.79 Å². The highest BCUT2D eigenvalue weighted by Gasteiger charge is 2.28. The van der Waals surface area contributed by atoms with E-state index < -0.39 is 12.0 Å². The monoisotopic (exact) mass is 302 g/mol. The van der Waals surface area contributed by atoms with Gasteiger partial charge in [-0.05, 0) is 0 Å². The third-order valence-electron chi connectivity index (χ3n) is 2.98.